The zero-order chi connectivity index (χ0) is 28.7. The molecule has 0 atom stereocenters. The van der Waals surface area contributed by atoms with Gasteiger partial charge >= 0.3 is 17.9 Å². The van der Waals surface area contributed by atoms with Crippen molar-refractivity contribution in [3.8, 4) is 11.4 Å². The zero-order valence-electron chi connectivity index (χ0n) is 22.8. The lowest BCUT2D eigenvalue weighted by molar-refractivity contribution is 0.0459. The molecule has 0 amide bonds. The van der Waals surface area contributed by atoms with E-state index in [2.05, 4.69) is 23.2 Å². The van der Waals surface area contributed by atoms with E-state index in [4.69, 9.17) is 19.2 Å². The predicted octanol–water partition coefficient (Wildman–Crippen LogP) is 6.32. The molecule has 0 aliphatic rings. The van der Waals surface area contributed by atoms with Crippen molar-refractivity contribution in [1.29, 1.82) is 0 Å². The maximum absolute atomic E-state index is 13.2. The van der Waals surface area contributed by atoms with Crippen LogP contribution in [0.3, 0.4) is 0 Å². The molecule has 1 N–H and O–H groups in total. The number of hydrogen-bond donors (Lipinski definition) is 1. The summed E-state index contributed by atoms with van der Waals surface area (Å²) in [4.78, 5) is 47.9. The molecular formula is C32H27N3O6. The summed E-state index contributed by atoms with van der Waals surface area (Å²) >= 11 is 0. The number of pyridine rings is 1. The number of carbonyl (C=O) groups is 3. The Bertz CT molecular complexity index is 1930. The number of aromatic nitrogens is 3. The van der Waals surface area contributed by atoms with Gasteiger partial charge < -0.3 is 23.6 Å². The Morgan fingerprint density at radius 3 is 1.95 bits per heavy atom. The topological polar surface area (TPSA) is 112 Å². The molecule has 0 saturated heterocycles. The highest BCUT2D eigenvalue weighted by Gasteiger charge is 2.34. The van der Waals surface area contributed by atoms with Crippen molar-refractivity contribution in [3.63, 3.8) is 0 Å². The van der Waals surface area contributed by atoms with Gasteiger partial charge in [-0.25, -0.2) is 19.4 Å². The van der Waals surface area contributed by atoms with E-state index < -0.39 is 17.9 Å². The number of aromatic amines is 1. The Morgan fingerprint density at radius 2 is 1.29 bits per heavy atom. The van der Waals surface area contributed by atoms with E-state index in [1.54, 1.807) is 39.1 Å². The molecule has 0 radical (unpaired) electrons. The summed E-state index contributed by atoms with van der Waals surface area (Å²) in [7, 11) is 0. The van der Waals surface area contributed by atoms with Crippen molar-refractivity contribution < 1.29 is 28.6 Å². The highest BCUT2D eigenvalue weighted by Crippen LogP contribution is 2.36. The van der Waals surface area contributed by atoms with E-state index in [-0.39, 0.29) is 36.6 Å². The summed E-state index contributed by atoms with van der Waals surface area (Å²) in [5.74, 6) is -1.75. The Balaban J connectivity index is 1.64. The third kappa shape index (κ3) is 4.17. The van der Waals surface area contributed by atoms with Crippen LogP contribution < -0.4 is 0 Å². The molecule has 0 saturated carbocycles. The summed E-state index contributed by atoms with van der Waals surface area (Å²) in [5.41, 5.74) is 2.28. The second-order valence-electron chi connectivity index (χ2n) is 9.33. The van der Waals surface area contributed by atoms with E-state index in [0.29, 0.717) is 16.9 Å². The largest absolute Gasteiger partial charge is 0.462 e. The molecule has 0 unspecified atom stereocenters. The summed E-state index contributed by atoms with van der Waals surface area (Å²) in [6.45, 7) is 5.20. The van der Waals surface area contributed by atoms with Crippen LogP contribution in [0, 0.1) is 0 Å². The molecule has 9 nitrogen and oxygen atoms in total. The van der Waals surface area contributed by atoms with Crippen molar-refractivity contribution in [3.05, 3.63) is 83.7 Å². The highest BCUT2D eigenvalue weighted by molar-refractivity contribution is 6.23. The maximum Gasteiger partial charge on any atom is 0.356 e. The second kappa shape index (κ2) is 10.4. The Morgan fingerprint density at radius 1 is 0.732 bits per heavy atom. The highest BCUT2D eigenvalue weighted by atomic mass is 16.5. The van der Waals surface area contributed by atoms with Gasteiger partial charge in [0.1, 0.15) is 22.6 Å². The number of rotatable bonds is 7. The molecule has 6 rings (SSSR count). The average Bonchev–Trinajstić information content (AvgIpc) is 3.58. The van der Waals surface area contributed by atoms with Crippen LogP contribution in [0.2, 0.25) is 0 Å². The molecule has 0 bridgehead atoms. The lowest BCUT2D eigenvalue weighted by atomic mass is 10.0. The number of H-pyrrole nitrogens is 1. The van der Waals surface area contributed by atoms with E-state index in [1.807, 2.05) is 30.3 Å². The molecule has 9 heteroatoms. The first-order valence-corrected chi connectivity index (χ1v) is 13.5. The van der Waals surface area contributed by atoms with Gasteiger partial charge in [-0.05, 0) is 43.7 Å². The summed E-state index contributed by atoms with van der Waals surface area (Å²) in [6, 6.07) is 19.7. The molecule has 6 aromatic rings. The van der Waals surface area contributed by atoms with Gasteiger partial charge in [-0.15, -0.1) is 0 Å². The molecule has 206 valence electrons. The van der Waals surface area contributed by atoms with Crippen LogP contribution in [-0.2, 0) is 14.2 Å². The van der Waals surface area contributed by atoms with Gasteiger partial charge in [-0.2, -0.15) is 0 Å². The van der Waals surface area contributed by atoms with Crippen molar-refractivity contribution in [2.75, 3.05) is 19.8 Å². The Hall–Kier alpha value is -5.18. The maximum atomic E-state index is 13.2. The van der Waals surface area contributed by atoms with Gasteiger partial charge in [-0.1, -0.05) is 48.5 Å². The van der Waals surface area contributed by atoms with Crippen LogP contribution in [0.15, 0.2) is 66.9 Å². The Kier molecular flexibility index (Phi) is 6.62. The van der Waals surface area contributed by atoms with Gasteiger partial charge in [-0.3, -0.25) is 0 Å². The fourth-order valence-corrected chi connectivity index (χ4v) is 5.37. The van der Waals surface area contributed by atoms with E-state index in [9.17, 15) is 14.4 Å². The fourth-order valence-electron chi connectivity index (χ4n) is 5.37. The number of carbonyl (C=O) groups excluding carboxylic acids is 3. The van der Waals surface area contributed by atoms with Crippen molar-refractivity contribution in [2.45, 2.75) is 20.8 Å². The molecule has 41 heavy (non-hydrogen) atoms. The van der Waals surface area contributed by atoms with Crippen molar-refractivity contribution >= 4 is 56.0 Å². The number of ether oxygens (including phenoxy) is 3. The van der Waals surface area contributed by atoms with Crippen molar-refractivity contribution in [2.24, 2.45) is 0 Å². The zero-order valence-corrected chi connectivity index (χ0v) is 22.8. The number of fused-ring (bicyclic) bond motifs is 7. The quantitative estimate of drug-likeness (QED) is 0.141. The minimum atomic E-state index is -0.814. The predicted molar refractivity (Wildman–Crippen MR) is 155 cm³/mol. The molecule has 3 aromatic carbocycles. The molecule has 3 aromatic heterocycles. The van der Waals surface area contributed by atoms with Crippen LogP contribution in [-0.4, -0.2) is 52.1 Å². The third-order valence-corrected chi connectivity index (χ3v) is 7.01. The first-order chi connectivity index (χ1) is 20.0. The van der Waals surface area contributed by atoms with Gasteiger partial charge in [0, 0.05) is 22.5 Å². The summed E-state index contributed by atoms with van der Waals surface area (Å²) < 4.78 is 17.3. The Labute approximate surface area is 234 Å². The fraction of sp³-hybridized carbons (Fsp3) is 0.188. The van der Waals surface area contributed by atoms with Crippen LogP contribution >= 0.6 is 0 Å². The molecule has 0 fully saturated rings. The monoisotopic (exact) mass is 549 g/mol. The number of hydrogen-bond acceptors (Lipinski definition) is 7. The number of benzene rings is 3. The van der Waals surface area contributed by atoms with Gasteiger partial charge in [0.05, 0.1) is 36.4 Å². The third-order valence-electron chi connectivity index (χ3n) is 7.01. The van der Waals surface area contributed by atoms with Crippen LogP contribution in [0.25, 0.3) is 49.5 Å². The molecular weight excluding hydrogens is 522 g/mol. The van der Waals surface area contributed by atoms with Gasteiger partial charge in [0.15, 0.2) is 0 Å². The average molecular weight is 550 g/mol. The number of nitrogens with zero attached hydrogens (tertiary/aromatic N) is 2. The lowest BCUT2D eigenvalue weighted by Crippen LogP contribution is -2.17. The van der Waals surface area contributed by atoms with E-state index in [0.717, 1.165) is 32.6 Å². The number of imidazole rings is 1. The second-order valence-corrected chi connectivity index (χ2v) is 9.33. The smallest absolute Gasteiger partial charge is 0.356 e. The summed E-state index contributed by atoms with van der Waals surface area (Å²) in [6.07, 6.45) is 1.62. The van der Waals surface area contributed by atoms with E-state index in [1.165, 1.54) is 4.40 Å². The van der Waals surface area contributed by atoms with Crippen LogP contribution in [0.5, 0.6) is 0 Å². The molecule has 0 aliphatic heterocycles. The first-order valence-electron chi connectivity index (χ1n) is 13.5. The van der Waals surface area contributed by atoms with Crippen molar-refractivity contribution in [1.82, 2.24) is 14.4 Å². The lowest BCUT2D eigenvalue weighted by Gasteiger charge is -2.07. The minimum Gasteiger partial charge on any atom is -0.462 e. The van der Waals surface area contributed by atoms with Crippen LogP contribution in [0.1, 0.15) is 52.0 Å². The number of nitrogens with one attached hydrogen (secondary N) is 1. The normalized spacial score (nSPS) is 11.4. The van der Waals surface area contributed by atoms with Crippen LogP contribution in [0.4, 0.5) is 0 Å². The molecule has 0 aliphatic carbocycles. The molecule has 3 heterocycles. The summed E-state index contributed by atoms with van der Waals surface area (Å²) in [5, 5.41) is 4.24. The first kappa shape index (κ1) is 26.1. The van der Waals surface area contributed by atoms with E-state index >= 15 is 0 Å². The van der Waals surface area contributed by atoms with Gasteiger partial charge in [0.2, 0.25) is 0 Å². The van der Waals surface area contributed by atoms with Gasteiger partial charge in [0.25, 0.3) is 0 Å². The SMILES string of the molecule is CCOC(=O)c1c(C(=O)OCC)c2cc(-c3nc4c5ccccc5c5ccccc5c4[nH]3)ccn2c1C(=O)OCC. The minimum absolute atomic E-state index is 0.0572. The number of esters is 3. The standard InChI is InChI=1S/C32H27N3O6/c1-4-39-30(36)24-23-17-18(15-16-35(23)28(32(38)41-6-3)25(24)31(37)40-5-2)29-33-26-21-13-9-7-11-19(21)20-12-8-10-14-22(20)27(26)34-29/h7-17H,4-6H2,1-3H3,(H,33,34). The molecule has 0 spiro atoms.